The van der Waals surface area contributed by atoms with E-state index in [0.717, 1.165) is 18.4 Å². The van der Waals surface area contributed by atoms with E-state index in [1.165, 1.54) is 0 Å². The van der Waals surface area contributed by atoms with Crippen LogP contribution in [-0.4, -0.2) is 36.0 Å². The van der Waals surface area contributed by atoms with Crippen LogP contribution in [0.2, 0.25) is 0 Å². The Hall–Kier alpha value is -2.04. The number of hydrogen-bond acceptors (Lipinski definition) is 4. The minimum Gasteiger partial charge on any atom is -0.465 e. The number of nitrogens with zero attached hydrogens (tertiary/aromatic N) is 1. The molecule has 0 atom stereocenters. The summed E-state index contributed by atoms with van der Waals surface area (Å²) in [5.41, 5.74) is 7.74. The molecule has 0 heterocycles. The Morgan fingerprint density at radius 3 is 2.70 bits per heavy atom. The molecule has 1 aromatic carbocycles. The van der Waals surface area contributed by atoms with Crippen LogP contribution in [0.25, 0.3) is 0 Å². The molecule has 20 heavy (non-hydrogen) atoms. The van der Waals surface area contributed by atoms with Crippen LogP contribution >= 0.6 is 0 Å². The molecule has 0 saturated heterocycles. The maximum atomic E-state index is 12.6. The number of anilines is 1. The summed E-state index contributed by atoms with van der Waals surface area (Å²) in [6.45, 7) is 3.96. The molecule has 1 aliphatic carbocycles. The molecule has 1 aliphatic rings. The Balaban J connectivity index is 2.18. The van der Waals surface area contributed by atoms with Crippen molar-refractivity contribution in [2.24, 2.45) is 0 Å². The van der Waals surface area contributed by atoms with Gasteiger partial charge in [0.25, 0.3) is 5.91 Å². The van der Waals surface area contributed by atoms with Crippen molar-refractivity contribution >= 4 is 17.6 Å². The zero-order valence-electron chi connectivity index (χ0n) is 11.9. The second-order valence-corrected chi connectivity index (χ2v) is 5.06. The van der Waals surface area contributed by atoms with Gasteiger partial charge in [-0.05, 0) is 38.8 Å². The van der Waals surface area contributed by atoms with Crippen LogP contribution in [0.3, 0.4) is 0 Å². The Kier molecular flexibility index (Phi) is 4.27. The Bertz CT molecular complexity index is 524. The van der Waals surface area contributed by atoms with E-state index in [4.69, 9.17) is 10.5 Å². The highest BCUT2D eigenvalue weighted by molar-refractivity contribution is 6.00. The van der Waals surface area contributed by atoms with Gasteiger partial charge in [-0.3, -0.25) is 9.59 Å². The molecule has 1 saturated carbocycles. The fourth-order valence-corrected chi connectivity index (χ4v) is 2.11. The lowest BCUT2D eigenvalue weighted by atomic mass is 10.1. The molecule has 0 aliphatic heterocycles. The number of ether oxygens (including phenoxy) is 1. The zero-order chi connectivity index (χ0) is 14.7. The topological polar surface area (TPSA) is 72.6 Å². The largest absolute Gasteiger partial charge is 0.465 e. The quantitative estimate of drug-likeness (QED) is 0.657. The Labute approximate surface area is 118 Å². The van der Waals surface area contributed by atoms with Crippen LogP contribution < -0.4 is 5.73 Å². The maximum absolute atomic E-state index is 12.6. The summed E-state index contributed by atoms with van der Waals surface area (Å²) >= 11 is 0. The van der Waals surface area contributed by atoms with E-state index < -0.39 is 0 Å². The number of rotatable bonds is 5. The number of nitrogen functional groups attached to an aromatic ring is 1. The molecule has 2 N–H and O–H groups in total. The summed E-state index contributed by atoms with van der Waals surface area (Å²) < 4.78 is 4.93. The fourth-order valence-electron chi connectivity index (χ4n) is 2.11. The predicted octanol–water partition coefficient (Wildman–Crippen LogP) is 1.74. The molecule has 5 nitrogen and oxygen atoms in total. The molecular weight excluding hydrogens is 256 g/mol. The minimum atomic E-state index is -0.376. The lowest BCUT2D eigenvalue weighted by Crippen LogP contribution is -2.38. The zero-order valence-corrected chi connectivity index (χ0v) is 11.9. The molecule has 2 rings (SSSR count). The van der Waals surface area contributed by atoms with Crippen molar-refractivity contribution in [3.05, 3.63) is 29.3 Å². The first-order valence-electron chi connectivity index (χ1n) is 6.85. The normalized spacial score (nSPS) is 13.9. The minimum absolute atomic E-state index is 0.00920. The van der Waals surface area contributed by atoms with Crippen LogP contribution in [0.15, 0.2) is 18.2 Å². The van der Waals surface area contributed by atoms with E-state index in [1.54, 1.807) is 24.0 Å². The molecule has 0 bridgehead atoms. The van der Waals surface area contributed by atoms with E-state index in [0.29, 0.717) is 17.9 Å². The third kappa shape index (κ3) is 3.29. The number of amides is 1. The molecule has 1 fully saturated rings. The monoisotopic (exact) mass is 276 g/mol. The summed E-state index contributed by atoms with van der Waals surface area (Å²) in [5, 5.41) is 0. The molecule has 0 radical (unpaired) electrons. The van der Waals surface area contributed by atoms with E-state index in [-0.39, 0.29) is 24.5 Å². The number of esters is 1. The van der Waals surface area contributed by atoms with Crippen LogP contribution in [0.5, 0.6) is 0 Å². The predicted molar refractivity (Wildman–Crippen MR) is 76.3 cm³/mol. The molecule has 5 heteroatoms. The number of aryl methyl sites for hydroxylation is 1. The lowest BCUT2D eigenvalue weighted by molar-refractivity contribution is -0.144. The third-order valence-electron chi connectivity index (χ3n) is 3.29. The second-order valence-electron chi connectivity index (χ2n) is 5.06. The standard InChI is InChI=1S/C15H20N2O3/c1-3-20-14(18)9-17(11-5-6-11)15(19)12-8-10(2)4-7-13(12)16/h4,7-8,11H,3,5-6,9,16H2,1-2H3. The molecule has 108 valence electrons. The Morgan fingerprint density at radius 1 is 1.40 bits per heavy atom. The van der Waals surface area contributed by atoms with Gasteiger partial charge in [0.2, 0.25) is 0 Å². The van der Waals surface area contributed by atoms with Gasteiger partial charge in [0.15, 0.2) is 0 Å². The van der Waals surface area contributed by atoms with Crippen LogP contribution in [0, 0.1) is 6.92 Å². The van der Waals surface area contributed by atoms with Gasteiger partial charge in [-0.2, -0.15) is 0 Å². The number of carbonyl (C=O) groups excluding carboxylic acids is 2. The molecule has 0 spiro atoms. The van der Waals surface area contributed by atoms with Crippen LogP contribution in [0.1, 0.15) is 35.7 Å². The average Bonchev–Trinajstić information content (AvgIpc) is 3.23. The van der Waals surface area contributed by atoms with Gasteiger partial charge in [-0.15, -0.1) is 0 Å². The molecular formula is C15H20N2O3. The van der Waals surface area contributed by atoms with E-state index in [9.17, 15) is 9.59 Å². The van der Waals surface area contributed by atoms with E-state index in [1.807, 2.05) is 13.0 Å². The first-order chi connectivity index (χ1) is 9.52. The lowest BCUT2D eigenvalue weighted by Gasteiger charge is -2.22. The number of benzene rings is 1. The van der Waals surface area contributed by atoms with E-state index in [2.05, 4.69) is 0 Å². The first-order valence-corrected chi connectivity index (χ1v) is 6.85. The molecule has 0 unspecified atom stereocenters. The number of hydrogen-bond donors (Lipinski definition) is 1. The highest BCUT2D eigenvalue weighted by Crippen LogP contribution is 2.29. The van der Waals surface area contributed by atoms with Crippen LogP contribution in [0.4, 0.5) is 5.69 Å². The van der Waals surface area contributed by atoms with Gasteiger partial charge >= 0.3 is 5.97 Å². The smallest absolute Gasteiger partial charge is 0.325 e. The van der Waals surface area contributed by atoms with Gasteiger partial charge in [0.1, 0.15) is 6.54 Å². The fraction of sp³-hybridized carbons (Fsp3) is 0.467. The van der Waals surface area contributed by atoms with Gasteiger partial charge in [-0.1, -0.05) is 11.6 Å². The highest BCUT2D eigenvalue weighted by atomic mass is 16.5. The SMILES string of the molecule is CCOC(=O)CN(C(=O)c1cc(C)ccc1N)C1CC1. The van der Waals surface area contributed by atoms with Crippen molar-refractivity contribution in [2.45, 2.75) is 32.7 Å². The van der Waals surface area contributed by atoms with Crippen LogP contribution in [-0.2, 0) is 9.53 Å². The number of nitrogens with two attached hydrogens (primary N) is 1. The van der Waals surface area contributed by atoms with Crippen molar-refractivity contribution in [3.63, 3.8) is 0 Å². The average molecular weight is 276 g/mol. The second kappa shape index (κ2) is 5.94. The summed E-state index contributed by atoms with van der Waals surface area (Å²) in [6.07, 6.45) is 1.85. The van der Waals surface area contributed by atoms with Gasteiger partial charge in [0.05, 0.1) is 12.2 Å². The first kappa shape index (κ1) is 14.4. The maximum Gasteiger partial charge on any atom is 0.325 e. The van der Waals surface area contributed by atoms with Gasteiger partial charge in [0, 0.05) is 11.7 Å². The summed E-state index contributed by atoms with van der Waals surface area (Å²) in [4.78, 5) is 25.8. The third-order valence-corrected chi connectivity index (χ3v) is 3.29. The summed E-state index contributed by atoms with van der Waals surface area (Å²) in [5.74, 6) is -0.569. The Morgan fingerprint density at radius 2 is 2.10 bits per heavy atom. The number of carbonyl (C=O) groups is 2. The van der Waals surface area contributed by atoms with Gasteiger partial charge < -0.3 is 15.4 Å². The van der Waals surface area contributed by atoms with Crippen molar-refractivity contribution in [1.82, 2.24) is 4.90 Å². The molecule has 1 amide bonds. The highest BCUT2D eigenvalue weighted by Gasteiger charge is 2.35. The van der Waals surface area contributed by atoms with Crippen molar-refractivity contribution in [2.75, 3.05) is 18.9 Å². The summed E-state index contributed by atoms with van der Waals surface area (Å²) in [6, 6.07) is 5.47. The summed E-state index contributed by atoms with van der Waals surface area (Å²) in [7, 11) is 0. The van der Waals surface area contributed by atoms with Crippen molar-refractivity contribution in [1.29, 1.82) is 0 Å². The molecule has 1 aromatic rings. The van der Waals surface area contributed by atoms with E-state index >= 15 is 0 Å². The van der Waals surface area contributed by atoms with Crippen molar-refractivity contribution in [3.8, 4) is 0 Å². The molecule has 0 aromatic heterocycles. The van der Waals surface area contributed by atoms with Gasteiger partial charge in [-0.25, -0.2) is 0 Å². The van der Waals surface area contributed by atoms with Crippen molar-refractivity contribution < 1.29 is 14.3 Å².